The van der Waals surface area contributed by atoms with E-state index < -0.39 is 0 Å². The van der Waals surface area contributed by atoms with Crippen molar-refractivity contribution in [1.29, 1.82) is 0 Å². The van der Waals surface area contributed by atoms with Crippen LogP contribution in [0.2, 0.25) is 0 Å². The van der Waals surface area contributed by atoms with Crippen molar-refractivity contribution in [3.05, 3.63) is 0 Å². The number of nitrogens with one attached hydrogen (secondary N) is 1. The summed E-state index contributed by atoms with van der Waals surface area (Å²) in [5.74, 6) is 1.26. The lowest BCUT2D eigenvalue weighted by Gasteiger charge is -2.50. The summed E-state index contributed by atoms with van der Waals surface area (Å²) in [5.41, 5.74) is 0.456. The maximum absolute atomic E-state index is 3.86. The van der Waals surface area contributed by atoms with Crippen LogP contribution in [-0.4, -0.2) is 47.6 Å². The van der Waals surface area contributed by atoms with Crippen LogP contribution < -0.4 is 5.32 Å². The van der Waals surface area contributed by atoms with Gasteiger partial charge in [0, 0.05) is 36.5 Å². The van der Waals surface area contributed by atoms with Gasteiger partial charge in [0.2, 0.25) is 0 Å². The zero-order valence-corrected chi connectivity index (χ0v) is 12.5. The van der Waals surface area contributed by atoms with Crippen LogP contribution in [0.3, 0.4) is 0 Å². The van der Waals surface area contributed by atoms with E-state index in [1.54, 1.807) is 0 Å². The van der Waals surface area contributed by atoms with Crippen LogP contribution in [0.1, 0.15) is 46.0 Å². The molecule has 1 aliphatic carbocycles. The highest BCUT2D eigenvalue weighted by Gasteiger charge is 2.39. The summed E-state index contributed by atoms with van der Waals surface area (Å²) in [6.07, 6.45) is 9.29. The van der Waals surface area contributed by atoms with Crippen molar-refractivity contribution in [3.63, 3.8) is 0 Å². The largest absolute Gasteiger partial charge is 0.308 e. The van der Waals surface area contributed by atoms with E-state index >= 15 is 0 Å². The van der Waals surface area contributed by atoms with Crippen molar-refractivity contribution in [2.45, 2.75) is 63.6 Å². The molecule has 3 heteroatoms. The summed E-state index contributed by atoms with van der Waals surface area (Å²) in [6, 6.07) is 1.42. The molecule has 2 unspecified atom stereocenters. The molecule has 2 atom stereocenters. The van der Waals surface area contributed by atoms with Crippen molar-refractivity contribution >= 4 is 11.8 Å². The fraction of sp³-hybridized carbons (Fsp3) is 1.00. The second-order valence-corrected chi connectivity index (χ2v) is 6.96. The molecule has 1 saturated heterocycles. The molecule has 0 aromatic heterocycles. The number of rotatable bonds is 3. The van der Waals surface area contributed by atoms with Crippen LogP contribution in [0.15, 0.2) is 0 Å². The molecular formula is C14H28N2S. The lowest BCUT2D eigenvalue weighted by atomic mass is 9.79. The first-order valence-electron chi connectivity index (χ1n) is 7.16. The average molecular weight is 256 g/mol. The van der Waals surface area contributed by atoms with Crippen molar-refractivity contribution in [3.8, 4) is 0 Å². The Morgan fingerprint density at radius 1 is 1.35 bits per heavy atom. The van der Waals surface area contributed by atoms with Crippen LogP contribution in [-0.2, 0) is 0 Å². The van der Waals surface area contributed by atoms with Crippen LogP contribution in [0, 0.1) is 0 Å². The normalized spacial score (nSPS) is 31.6. The van der Waals surface area contributed by atoms with E-state index in [0.29, 0.717) is 11.6 Å². The summed E-state index contributed by atoms with van der Waals surface area (Å²) >= 11 is 1.98. The first kappa shape index (κ1) is 13.7. The van der Waals surface area contributed by atoms with Crippen LogP contribution >= 0.6 is 11.8 Å². The first-order chi connectivity index (χ1) is 8.17. The lowest BCUT2D eigenvalue weighted by molar-refractivity contribution is 0.0426. The van der Waals surface area contributed by atoms with E-state index in [9.17, 15) is 0 Å². The Kier molecular flexibility index (Phi) is 4.79. The molecule has 2 nitrogen and oxygen atoms in total. The minimum Gasteiger partial charge on any atom is -0.308 e. The molecule has 2 aliphatic rings. The zero-order chi connectivity index (χ0) is 12.3. The van der Waals surface area contributed by atoms with Gasteiger partial charge in [-0.15, -0.1) is 0 Å². The highest BCUT2D eigenvalue weighted by molar-refractivity contribution is 7.98. The summed E-state index contributed by atoms with van der Waals surface area (Å²) in [4.78, 5) is 2.75. The highest BCUT2D eigenvalue weighted by atomic mass is 32.2. The monoisotopic (exact) mass is 256 g/mol. The number of nitrogens with zero attached hydrogens (tertiary/aromatic N) is 1. The molecule has 100 valence electrons. The topological polar surface area (TPSA) is 15.3 Å². The summed E-state index contributed by atoms with van der Waals surface area (Å²) < 4.78 is 0. The molecular weight excluding hydrogens is 228 g/mol. The fourth-order valence-corrected chi connectivity index (χ4v) is 4.21. The predicted molar refractivity (Wildman–Crippen MR) is 77.8 cm³/mol. The van der Waals surface area contributed by atoms with Gasteiger partial charge >= 0.3 is 0 Å². The number of hydrogen-bond donors (Lipinski definition) is 1. The van der Waals surface area contributed by atoms with Crippen molar-refractivity contribution in [2.24, 2.45) is 0 Å². The Balaban J connectivity index is 1.99. The van der Waals surface area contributed by atoms with Gasteiger partial charge in [-0.05, 0) is 32.9 Å². The Labute approximate surface area is 111 Å². The third-order valence-corrected chi connectivity index (χ3v) is 5.42. The van der Waals surface area contributed by atoms with Gasteiger partial charge in [-0.1, -0.05) is 19.3 Å². The molecule has 2 rings (SSSR count). The third-order valence-electron chi connectivity index (χ3n) is 4.61. The van der Waals surface area contributed by atoms with E-state index in [2.05, 4.69) is 30.3 Å². The smallest absolute Gasteiger partial charge is 0.0309 e. The molecule has 0 aromatic carbocycles. The number of thioether (sulfide) groups is 1. The molecule has 1 aliphatic heterocycles. The summed E-state index contributed by atoms with van der Waals surface area (Å²) in [5, 5.41) is 3.86. The van der Waals surface area contributed by atoms with Gasteiger partial charge in [0.15, 0.2) is 0 Å². The molecule has 17 heavy (non-hydrogen) atoms. The van der Waals surface area contributed by atoms with E-state index in [-0.39, 0.29) is 0 Å². The van der Waals surface area contributed by atoms with Gasteiger partial charge in [-0.25, -0.2) is 0 Å². The van der Waals surface area contributed by atoms with E-state index in [1.165, 1.54) is 50.9 Å². The molecule has 1 heterocycles. The SMILES string of the molecule is CSCC(C)N1CC2(CCCCC2)NCC1C. The van der Waals surface area contributed by atoms with Crippen molar-refractivity contribution < 1.29 is 0 Å². The second kappa shape index (κ2) is 5.94. The van der Waals surface area contributed by atoms with Gasteiger partial charge < -0.3 is 5.32 Å². The Morgan fingerprint density at radius 2 is 2.06 bits per heavy atom. The molecule has 1 spiro atoms. The Bertz CT molecular complexity index is 238. The molecule has 1 saturated carbocycles. The average Bonchev–Trinajstić information content (AvgIpc) is 2.34. The minimum absolute atomic E-state index is 0.456. The van der Waals surface area contributed by atoms with Gasteiger partial charge in [-0.2, -0.15) is 11.8 Å². The first-order valence-corrected chi connectivity index (χ1v) is 8.56. The van der Waals surface area contributed by atoms with Gasteiger partial charge in [0.05, 0.1) is 0 Å². The number of piperazine rings is 1. The Hall–Kier alpha value is 0.270. The predicted octanol–water partition coefficient (Wildman–Crippen LogP) is 2.73. The summed E-state index contributed by atoms with van der Waals surface area (Å²) in [6.45, 7) is 7.23. The Morgan fingerprint density at radius 3 is 2.71 bits per heavy atom. The van der Waals surface area contributed by atoms with Gasteiger partial charge in [-0.3, -0.25) is 4.90 Å². The molecule has 0 bridgehead atoms. The molecule has 0 radical (unpaired) electrons. The van der Waals surface area contributed by atoms with Crippen molar-refractivity contribution in [1.82, 2.24) is 10.2 Å². The molecule has 0 aromatic rings. The minimum atomic E-state index is 0.456. The summed E-state index contributed by atoms with van der Waals surface area (Å²) in [7, 11) is 0. The second-order valence-electron chi connectivity index (χ2n) is 6.05. The van der Waals surface area contributed by atoms with E-state index in [1.807, 2.05) is 11.8 Å². The zero-order valence-electron chi connectivity index (χ0n) is 11.7. The molecule has 1 N–H and O–H groups in total. The standard InChI is InChI=1S/C14H28N2S/c1-12-9-15-14(7-5-4-6-8-14)11-16(12)13(2)10-17-3/h12-13,15H,4-11H2,1-3H3. The van der Waals surface area contributed by atoms with Crippen LogP contribution in [0.4, 0.5) is 0 Å². The van der Waals surface area contributed by atoms with E-state index in [0.717, 1.165) is 6.04 Å². The number of hydrogen-bond acceptors (Lipinski definition) is 3. The maximum Gasteiger partial charge on any atom is 0.0309 e. The molecule has 0 amide bonds. The quantitative estimate of drug-likeness (QED) is 0.836. The van der Waals surface area contributed by atoms with Crippen LogP contribution in [0.25, 0.3) is 0 Å². The molecule has 2 fully saturated rings. The maximum atomic E-state index is 3.86. The van der Waals surface area contributed by atoms with Crippen LogP contribution in [0.5, 0.6) is 0 Å². The van der Waals surface area contributed by atoms with E-state index in [4.69, 9.17) is 0 Å². The fourth-order valence-electron chi connectivity index (χ4n) is 3.53. The van der Waals surface area contributed by atoms with Crippen molar-refractivity contribution in [2.75, 3.05) is 25.1 Å². The van der Waals surface area contributed by atoms with Gasteiger partial charge in [0.1, 0.15) is 0 Å². The lowest BCUT2D eigenvalue weighted by Crippen LogP contribution is -2.65. The van der Waals surface area contributed by atoms with Gasteiger partial charge in [0.25, 0.3) is 0 Å². The highest BCUT2D eigenvalue weighted by Crippen LogP contribution is 2.32. The third kappa shape index (κ3) is 3.18.